The second-order valence-corrected chi connectivity index (χ2v) is 5.31. The van der Waals surface area contributed by atoms with E-state index in [4.69, 9.17) is 10.5 Å². The highest BCUT2D eigenvalue weighted by atomic mass is 19.1. The molecule has 21 heavy (non-hydrogen) atoms. The molecule has 3 nitrogen and oxygen atoms in total. The van der Waals surface area contributed by atoms with Crippen LogP contribution in [0.3, 0.4) is 0 Å². The molecule has 110 valence electrons. The summed E-state index contributed by atoms with van der Waals surface area (Å²) < 4.78 is 19.1. The molecule has 0 saturated carbocycles. The summed E-state index contributed by atoms with van der Waals surface area (Å²) in [6, 6.07) is 13.3. The van der Waals surface area contributed by atoms with Crippen LogP contribution in [0.15, 0.2) is 42.5 Å². The summed E-state index contributed by atoms with van der Waals surface area (Å²) in [5, 5.41) is 0. The van der Waals surface area contributed by atoms with Gasteiger partial charge in [0.05, 0.1) is 7.11 Å². The lowest BCUT2D eigenvalue weighted by Crippen LogP contribution is -2.27. The maximum atomic E-state index is 13.9. The smallest absolute Gasteiger partial charge is 0.128 e. The first-order chi connectivity index (χ1) is 10.2. The highest BCUT2D eigenvalue weighted by molar-refractivity contribution is 5.36. The van der Waals surface area contributed by atoms with Gasteiger partial charge in [0, 0.05) is 31.2 Å². The monoisotopic (exact) mass is 286 g/mol. The standard InChI is InChI=1S/C17H19FN2O/c1-21-13-7-5-12(6-8-13)10-20-11-15-14(17(20)9-19)3-2-4-16(15)18/h2-8,17H,9-11,19H2,1H3. The summed E-state index contributed by atoms with van der Waals surface area (Å²) >= 11 is 0. The van der Waals surface area contributed by atoms with Crippen LogP contribution in [-0.2, 0) is 13.1 Å². The molecule has 1 aliphatic rings. The molecule has 1 atom stereocenters. The van der Waals surface area contributed by atoms with E-state index in [2.05, 4.69) is 4.90 Å². The lowest BCUT2D eigenvalue weighted by atomic mass is 10.0. The van der Waals surface area contributed by atoms with E-state index >= 15 is 0 Å². The molecule has 1 unspecified atom stereocenters. The van der Waals surface area contributed by atoms with Crippen LogP contribution < -0.4 is 10.5 Å². The van der Waals surface area contributed by atoms with E-state index in [0.29, 0.717) is 13.1 Å². The molecule has 0 bridgehead atoms. The lowest BCUT2D eigenvalue weighted by molar-refractivity contribution is 0.210. The second kappa shape index (κ2) is 5.84. The third-order valence-electron chi connectivity index (χ3n) is 4.08. The van der Waals surface area contributed by atoms with Crippen LogP contribution in [0.1, 0.15) is 22.7 Å². The number of nitrogens with two attached hydrogens (primary N) is 1. The van der Waals surface area contributed by atoms with E-state index in [1.54, 1.807) is 13.2 Å². The average Bonchev–Trinajstić information content (AvgIpc) is 2.87. The van der Waals surface area contributed by atoms with Gasteiger partial charge in [0.1, 0.15) is 11.6 Å². The number of halogens is 1. The Morgan fingerprint density at radius 1 is 1.24 bits per heavy atom. The van der Waals surface area contributed by atoms with Crippen molar-refractivity contribution < 1.29 is 9.13 Å². The number of fused-ring (bicyclic) bond motifs is 1. The molecular formula is C17H19FN2O. The fraction of sp³-hybridized carbons (Fsp3) is 0.294. The van der Waals surface area contributed by atoms with Gasteiger partial charge >= 0.3 is 0 Å². The zero-order valence-corrected chi connectivity index (χ0v) is 12.1. The maximum Gasteiger partial charge on any atom is 0.128 e. The Balaban J connectivity index is 1.82. The van der Waals surface area contributed by atoms with E-state index in [1.807, 2.05) is 30.3 Å². The van der Waals surface area contributed by atoms with E-state index in [0.717, 1.165) is 23.4 Å². The molecule has 0 spiro atoms. The van der Waals surface area contributed by atoms with Crippen LogP contribution >= 0.6 is 0 Å². The molecule has 2 N–H and O–H groups in total. The summed E-state index contributed by atoms with van der Waals surface area (Å²) in [5.41, 5.74) is 8.87. The van der Waals surface area contributed by atoms with Crippen LogP contribution in [0.5, 0.6) is 5.75 Å². The van der Waals surface area contributed by atoms with Gasteiger partial charge in [-0.3, -0.25) is 4.90 Å². The van der Waals surface area contributed by atoms with Crippen molar-refractivity contribution in [2.24, 2.45) is 5.73 Å². The van der Waals surface area contributed by atoms with Crippen molar-refractivity contribution in [1.82, 2.24) is 4.90 Å². The summed E-state index contributed by atoms with van der Waals surface area (Å²) in [4.78, 5) is 2.22. The summed E-state index contributed by atoms with van der Waals surface area (Å²) in [7, 11) is 1.65. The predicted molar refractivity (Wildman–Crippen MR) is 80.4 cm³/mol. The van der Waals surface area contributed by atoms with Gasteiger partial charge in [-0.05, 0) is 29.3 Å². The zero-order valence-electron chi connectivity index (χ0n) is 12.1. The number of ether oxygens (including phenoxy) is 1. The molecule has 2 aromatic rings. The SMILES string of the molecule is COc1ccc(CN2Cc3c(F)cccc3C2CN)cc1. The van der Waals surface area contributed by atoms with Gasteiger partial charge in [0.15, 0.2) is 0 Å². The molecule has 4 heteroatoms. The van der Waals surface area contributed by atoms with Crippen molar-refractivity contribution in [2.75, 3.05) is 13.7 Å². The highest BCUT2D eigenvalue weighted by Gasteiger charge is 2.30. The van der Waals surface area contributed by atoms with Crippen molar-refractivity contribution in [3.05, 3.63) is 65.0 Å². The van der Waals surface area contributed by atoms with Crippen molar-refractivity contribution in [1.29, 1.82) is 0 Å². The molecule has 1 heterocycles. The van der Waals surface area contributed by atoms with Crippen LogP contribution in [0.25, 0.3) is 0 Å². The van der Waals surface area contributed by atoms with E-state index in [9.17, 15) is 4.39 Å². The number of hydrogen-bond donors (Lipinski definition) is 1. The van der Waals surface area contributed by atoms with Crippen LogP contribution in [0, 0.1) is 5.82 Å². The van der Waals surface area contributed by atoms with Crippen molar-refractivity contribution in [2.45, 2.75) is 19.1 Å². The van der Waals surface area contributed by atoms with E-state index in [1.165, 1.54) is 11.6 Å². The van der Waals surface area contributed by atoms with Gasteiger partial charge < -0.3 is 10.5 Å². The quantitative estimate of drug-likeness (QED) is 0.939. The highest BCUT2D eigenvalue weighted by Crippen LogP contribution is 2.35. The van der Waals surface area contributed by atoms with Crippen LogP contribution in [0.4, 0.5) is 4.39 Å². The van der Waals surface area contributed by atoms with Crippen molar-refractivity contribution >= 4 is 0 Å². The first-order valence-electron chi connectivity index (χ1n) is 7.07. The summed E-state index contributed by atoms with van der Waals surface area (Å²) in [6.45, 7) is 1.85. The number of hydrogen-bond acceptors (Lipinski definition) is 3. The molecule has 1 aliphatic heterocycles. The van der Waals surface area contributed by atoms with Crippen LogP contribution in [0.2, 0.25) is 0 Å². The zero-order chi connectivity index (χ0) is 14.8. The number of benzene rings is 2. The molecule has 0 aromatic heterocycles. The molecule has 3 rings (SSSR count). The minimum Gasteiger partial charge on any atom is -0.497 e. The summed E-state index contributed by atoms with van der Waals surface area (Å²) in [6.07, 6.45) is 0. The van der Waals surface area contributed by atoms with Crippen LogP contribution in [-0.4, -0.2) is 18.6 Å². The number of methoxy groups -OCH3 is 1. The molecule has 0 aliphatic carbocycles. The number of rotatable bonds is 4. The third-order valence-corrected chi connectivity index (χ3v) is 4.08. The molecule has 2 aromatic carbocycles. The molecule has 0 radical (unpaired) electrons. The second-order valence-electron chi connectivity index (χ2n) is 5.31. The Morgan fingerprint density at radius 3 is 2.67 bits per heavy atom. The first kappa shape index (κ1) is 14.0. The van der Waals surface area contributed by atoms with Gasteiger partial charge in [0.25, 0.3) is 0 Å². The fourth-order valence-electron chi connectivity index (χ4n) is 2.97. The summed E-state index contributed by atoms with van der Waals surface area (Å²) in [5.74, 6) is 0.702. The Hall–Kier alpha value is -1.91. The molecule has 0 amide bonds. The Kier molecular flexibility index (Phi) is 3.90. The normalized spacial score (nSPS) is 17.8. The minimum atomic E-state index is -0.136. The van der Waals surface area contributed by atoms with Gasteiger partial charge in [0.2, 0.25) is 0 Å². The third kappa shape index (κ3) is 2.64. The Morgan fingerprint density at radius 2 is 2.00 bits per heavy atom. The van der Waals surface area contributed by atoms with E-state index in [-0.39, 0.29) is 11.9 Å². The predicted octanol–water partition coefficient (Wildman–Crippen LogP) is 2.85. The Bertz CT molecular complexity index is 627. The maximum absolute atomic E-state index is 13.9. The fourth-order valence-corrected chi connectivity index (χ4v) is 2.97. The topological polar surface area (TPSA) is 38.5 Å². The number of nitrogens with zero attached hydrogens (tertiary/aromatic N) is 1. The van der Waals surface area contributed by atoms with Crippen molar-refractivity contribution in [3.63, 3.8) is 0 Å². The first-order valence-corrected chi connectivity index (χ1v) is 7.07. The Labute approximate surface area is 124 Å². The van der Waals surface area contributed by atoms with Gasteiger partial charge in [-0.1, -0.05) is 24.3 Å². The molecular weight excluding hydrogens is 267 g/mol. The van der Waals surface area contributed by atoms with Gasteiger partial charge in [-0.2, -0.15) is 0 Å². The van der Waals surface area contributed by atoms with E-state index < -0.39 is 0 Å². The largest absolute Gasteiger partial charge is 0.497 e. The van der Waals surface area contributed by atoms with Gasteiger partial charge in [-0.15, -0.1) is 0 Å². The average molecular weight is 286 g/mol. The van der Waals surface area contributed by atoms with Crippen molar-refractivity contribution in [3.8, 4) is 5.75 Å². The molecule has 0 fully saturated rings. The van der Waals surface area contributed by atoms with Gasteiger partial charge in [-0.25, -0.2) is 4.39 Å². The minimum absolute atomic E-state index is 0.0813. The molecule has 0 saturated heterocycles. The lowest BCUT2D eigenvalue weighted by Gasteiger charge is -2.23.